The molecule has 0 aromatic rings. The van der Waals surface area contributed by atoms with E-state index in [4.69, 9.17) is 5.11 Å². The standard InChI is InChI=1S/C7H17B2NO2/c1-4(2)7(8,9)5(10-3)6(11)12/h4-5,10H,8-9H2,1-3H3,(H,11,12). The molecule has 0 aliphatic carbocycles. The van der Waals surface area contributed by atoms with Crippen LogP contribution in [-0.2, 0) is 4.79 Å². The molecule has 0 aliphatic heterocycles. The van der Waals surface area contributed by atoms with Crippen LogP contribution in [0.2, 0.25) is 5.21 Å². The Labute approximate surface area is 75.7 Å². The van der Waals surface area contributed by atoms with E-state index >= 15 is 0 Å². The first-order valence-corrected chi connectivity index (χ1v) is 4.24. The third kappa shape index (κ3) is 2.27. The molecule has 3 nitrogen and oxygen atoms in total. The summed E-state index contributed by atoms with van der Waals surface area (Å²) in [7, 11) is 5.61. The Bertz CT molecular complexity index is 171. The number of carbonyl (C=O) groups is 1. The van der Waals surface area contributed by atoms with Crippen LogP contribution in [0.4, 0.5) is 0 Å². The van der Waals surface area contributed by atoms with Gasteiger partial charge >= 0.3 is 5.97 Å². The Morgan fingerprint density at radius 2 is 1.92 bits per heavy atom. The lowest BCUT2D eigenvalue weighted by Crippen LogP contribution is -2.48. The Morgan fingerprint density at radius 1 is 1.50 bits per heavy atom. The van der Waals surface area contributed by atoms with Crippen LogP contribution < -0.4 is 5.32 Å². The molecule has 2 N–H and O–H groups in total. The highest BCUT2D eigenvalue weighted by molar-refractivity contribution is 6.41. The predicted molar refractivity (Wildman–Crippen MR) is 55.1 cm³/mol. The lowest BCUT2D eigenvalue weighted by molar-refractivity contribution is -0.140. The van der Waals surface area contributed by atoms with Gasteiger partial charge < -0.3 is 10.4 Å². The smallest absolute Gasteiger partial charge is 0.319 e. The van der Waals surface area contributed by atoms with E-state index in [9.17, 15) is 4.79 Å². The third-order valence-corrected chi connectivity index (χ3v) is 2.77. The van der Waals surface area contributed by atoms with Gasteiger partial charge in [0, 0.05) is 0 Å². The molecule has 1 atom stereocenters. The number of carboxylic acid groups (broad SMARTS) is 1. The summed E-state index contributed by atoms with van der Waals surface area (Å²) in [5.41, 5.74) is 0. The number of rotatable bonds is 4. The molecule has 0 fully saturated rings. The molecule has 12 heavy (non-hydrogen) atoms. The first kappa shape index (κ1) is 11.6. The van der Waals surface area contributed by atoms with Gasteiger partial charge in [0.15, 0.2) is 0 Å². The van der Waals surface area contributed by atoms with Gasteiger partial charge in [-0.15, -0.1) is 0 Å². The van der Waals surface area contributed by atoms with Crippen molar-refractivity contribution in [2.75, 3.05) is 7.05 Å². The van der Waals surface area contributed by atoms with Crippen LogP contribution in [0.5, 0.6) is 0 Å². The maximum atomic E-state index is 10.8. The van der Waals surface area contributed by atoms with E-state index in [0.717, 1.165) is 0 Å². The maximum absolute atomic E-state index is 10.8. The molecule has 1 unspecified atom stereocenters. The van der Waals surface area contributed by atoms with Crippen LogP contribution in [-0.4, -0.2) is 39.9 Å². The zero-order chi connectivity index (χ0) is 9.94. The molecule has 0 rings (SSSR count). The van der Waals surface area contributed by atoms with Crippen molar-refractivity contribution < 1.29 is 9.90 Å². The van der Waals surface area contributed by atoms with Crippen molar-refractivity contribution in [2.24, 2.45) is 5.92 Å². The topological polar surface area (TPSA) is 49.3 Å². The van der Waals surface area contributed by atoms with Crippen LogP contribution in [0, 0.1) is 5.92 Å². The Kier molecular flexibility index (Phi) is 3.84. The van der Waals surface area contributed by atoms with Crippen LogP contribution >= 0.6 is 0 Å². The Balaban J connectivity index is 4.59. The number of carboxylic acids is 1. The van der Waals surface area contributed by atoms with Gasteiger partial charge in [0.2, 0.25) is 0 Å². The van der Waals surface area contributed by atoms with Gasteiger partial charge in [-0.2, -0.15) is 0 Å². The zero-order valence-corrected chi connectivity index (χ0v) is 8.51. The summed E-state index contributed by atoms with van der Waals surface area (Å²) in [6.07, 6.45) is 0. The normalized spacial score (nSPS) is 14.7. The van der Waals surface area contributed by atoms with Crippen molar-refractivity contribution >= 4 is 21.7 Å². The van der Waals surface area contributed by atoms with Gasteiger partial charge in [0.1, 0.15) is 15.7 Å². The fourth-order valence-corrected chi connectivity index (χ4v) is 1.15. The molecule has 0 aromatic heterocycles. The average Bonchev–Trinajstić information content (AvgIpc) is 1.86. The van der Waals surface area contributed by atoms with E-state index in [1.54, 1.807) is 7.05 Å². The minimum absolute atomic E-state index is 0.222. The lowest BCUT2D eigenvalue weighted by Gasteiger charge is -2.35. The Morgan fingerprint density at radius 3 is 2.00 bits per heavy atom. The molecule has 0 bridgehead atoms. The van der Waals surface area contributed by atoms with E-state index in [0.29, 0.717) is 5.92 Å². The highest BCUT2D eigenvalue weighted by atomic mass is 16.4. The number of hydrogen-bond donors (Lipinski definition) is 2. The summed E-state index contributed by atoms with van der Waals surface area (Å²) in [6.45, 7) is 4.07. The minimum Gasteiger partial charge on any atom is -0.480 e. The molecular weight excluding hydrogens is 152 g/mol. The molecule has 0 amide bonds. The van der Waals surface area contributed by atoms with E-state index in [1.165, 1.54) is 0 Å². The van der Waals surface area contributed by atoms with Crippen LogP contribution in [0.1, 0.15) is 13.8 Å². The first-order chi connectivity index (χ1) is 5.34. The molecule has 5 heteroatoms. The molecule has 0 saturated heterocycles. The SMILES string of the molecule is BC(B)(C(C)C)C(NC)C(=O)O. The van der Waals surface area contributed by atoms with E-state index < -0.39 is 12.0 Å². The van der Waals surface area contributed by atoms with Crippen LogP contribution in [0.15, 0.2) is 0 Å². The maximum Gasteiger partial charge on any atom is 0.319 e. The fourth-order valence-electron chi connectivity index (χ4n) is 1.15. The first-order valence-electron chi connectivity index (χ1n) is 4.24. The predicted octanol–water partition coefficient (Wildman–Crippen LogP) is -1.30. The summed E-state index contributed by atoms with van der Waals surface area (Å²) in [5.74, 6) is -0.442. The van der Waals surface area contributed by atoms with Crippen molar-refractivity contribution in [2.45, 2.75) is 25.1 Å². The van der Waals surface area contributed by atoms with Gasteiger partial charge in [0.25, 0.3) is 0 Å². The Hall–Kier alpha value is -0.440. The van der Waals surface area contributed by atoms with E-state index in [1.807, 2.05) is 29.5 Å². The minimum atomic E-state index is -0.781. The fraction of sp³-hybridized carbons (Fsp3) is 0.857. The van der Waals surface area contributed by atoms with Gasteiger partial charge in [-0.3, -0.25) is 4.79 Å². The summed E-state index contributed by atoms with van der Waals surface area (Å²) < 4.78 is 0. The van der Waals surface area contributed by atoms with Gasteiger partial charge in [-0.25, -0.2) is 0 Å². The summed E-state index contributed by atoms with van der Waals surface area (Å²) in [5, 5.41) is 11.5. The van der Waals surface area contributed by atoms with Crippen molar-refractivity contribution in [3.8, 4) is 0 Å². The number of likely N-dealkylation sites (N-methyl/N-ethyl adjacent to an activating group) is 1. The summed E-state index contributed by atoms with van der Waals surface area (Å²) in [4.78, 5) is 10.8. The molecule has 68 valence electrons. The summed E-state index contributed by atoms with van der Waals surface area (Å²) in [6, 6.07) is -0.475. The highest BCUT2D eigenvalue weighted by Gasteiger charge is 2.36. The number of nitrogens with one attached hydrogen (secondary N) is 1. The highest BCUT2D eigenvalue weighted by Crippen LogP contribution is 2.31. The van der Waals surface area contributed by atoms with Gasteiger partial charge in [0.05, 0.1) is 6.04 Å². The van der Waals surface area contributed by atoms with Crippen molar-refractivity contribution in [3.05, 3.63) is 0 Å². The number of hydrogen-bond acceptors (Lipinski definition) is 2. The van der Waals surface area contributed by atoms with Crippen molar-refractivity contribution in [3.63, 3.8) is 0 Å². The molecule has 0 aromatic carbocycles. The average molecular weight is 169 g/mol. The molecule has 0 radical (unpaired) electrons. The molecule has 0 saturated carbocycles. The molecule has 0 heterocycles. The molecule has 0 spiro atoms. The quantitative estimate of drug-likeness (QED) is 0.514. The van der Waals surface area contributed by atoms with Gasteiger partial charge in [-0.1, -0.05) is 25.0 Å². The second-order valence-corrected chi connectivity index (χ2v) is 4.04. The van der Waals surface area contributed by atoms with Crippen LogP contribution in [0.3, 0.4) is 0 Å². The largest absolute Gasteiger partial charge is 0.480 e. The summed E-state index contributed by atoms with van der Waals surface area (Å²) >= 11 is 0. The van der Waals surface area contributed by atoms with Crippen molar-refractivity contribution in [1.29, 1.82) is 0 Å². The van der Waals surface area contributed by atoms with E-state index in [2.05, 4.69) is 5.32 Å². The van der Waals surface area contributed by atoms with Crippen LogP contribution in [0.25, 0.3) is 0 Å². The van der Waals surface area contributed by atoms with E-state index in [-0.39, 0.29) is 5.21 Å². The second kappa shape index (κ2) is 3.99. The molecular formula is C7H17B2NO2. The lowest BCUT2D eigenvalue weighted by atomic mass is 9.45. The molecule has 0 aliphatic rings. The van der Waals surface area contributed by atoms with Gasteiger partial charge in [-0.05, 0) is 7.05 Å². The monoisotopic (exact) mass is 169 g/mol. The zero-order valence-electron chi connectivity index (χ0n) is 8.51. The third-order valence-electron chi connectivity index (χ3n) is 2.77. The number of aliphatic carboxylic acids is 1. The van der Waals surface area contributed by atoms with Crippen molar-refractivity contribution in [1.82, 2.24) is 5.32 Å². The second-order valence-electron chi connectivity index (χ2n) is 4.04.